The van der Waals surface area contributed by atoms with Crippen molar-refractivity contribution in [3.05, 3.63) is 59.7 Å². The van der Waals surface area contributed by atoms with E-state index >= 15 is 0 Å². The van der Waals surface area contributed by atoms with Gasteiger partial charge in [0.1, 0.15) is 5.78 Å². The minimum absolute atomic E-state index is 0.0818. The van der Waals surface area contributed by atoms with Crippen LogP contribution in [0.5, 0.6) is 0 Å². The Balaban J connectivity index is 2.45. The molecule has 0 radical (unpaired) electrons. The van der Waals surface area contributed by atoms with E-state index in [0.29, 0.717) is 0 Å². The van der Waals surface area contributed by atoms with Crippen LogP contribution in [-0.4, -0.2) is 9.99 Å². The molecule has 2 aromatic rings. The molecule has 0 N–H and O–H groups in total. The molecule has 0 bridgehead atoms. The van der Waals surface area contributed by atoms with E-state index in [-0.39, 0.29) is 11.7 Å². The lowest BCUT2D eigenvalue weighted by Gasteiger charge is -2.13. The zero-order chi connectivity index (χ0) is 14.7. The lowest BCUT2D eigenvalue weighted by atomic mass is 9.98. The molecule has 0 saturated carbocycles. The molecule has 0 spiro atoms. The molecule has 2 aromatic carbocycles. The fraction of sp³-hybridized carbons (Fsp3) is 0.235. The van der Waals surface area contributed by atoms with E-state index in [1.807, 2.05) is 62.4 Å². The number of hydrogen-bond donors (Lipinski definition) is 0. The highest BCUT2D eigenvalue weighted by molar-refractivity contribution is 7.85. The Morgan fingerprint density at radius 2 is 1.65 bits per heavy atom. The molecule has 104 valence electrons. The summed E-state index contributed by atoms with van der Waals surface area (Å²) in [5.74, 6) is -0.154. The van der Waals surface area contributed by atoms with Gasteiger partial charge in [-0.15, -0.1) is 0 Å². The number of rotatable bonds is 4. The van der Waals surface area contributed by atoms with Gasteiger partial charge in [0.25, 0.3) is 0 Å². The van der Waals surface area contributed by atoms with Crippen LogP contribution in [0.1, 0.15) is 30.9 Å². The maximum atomic E-state index is 12.7. The molecule has 0 saturated heterocycles. The van der Waals surface area contributed by atoms with Gasteiger partial charge in [-0.1, -0.05) is 42.8 Å². The van der Waals surface area contributed by atoms with Gasteiger partial charge in [0.15, 0.2) is 0 Å². The predicted octanol–water partition coefficient (Wildman–Crippen LogP) is 3.85. The van der Waals surface area contributed by atoms with Crippen molar-refractivity contribution in [2.24, 2.45) is 0 Å². The van der Waals surface area contributed by atoms with Crippen LogP contribution in [-0.2, 0) is 15.6 Å². The van der Waals surface area contributed by atoms with Gasteiger partial charge in [-0.2, -0.15) is 0 Å². The molecule has 3 heteroatoms. The van der Waals surface area contributed by atoms with Gasteiger partial charge in [0.2, 0.25) is 0 Å². The molecule has 0 aromatic heterocycles. The van der Waals surface area contributed by atoms with Crippen LogP contribution in [0.25, 0.3) is 0 Å². The zero-order valence-electron chi connectivity index (χ0n) is 11.9. The van der Waals surface area contributed by atoms with Crippen molar-refractivity contribution in [3.8, 4) is 0 Å². The lowest BCUT2D eigenvalue weighted by Crippen LogP contribution is -2.08. The Kier molecular flexibility index (Phi) is 4.50. The van der Waals surface area contributed by atoms with Crippen LogP contribution in [0.3, 0.4) is 0 Å². The Hall–Kier alpha value is -1.74. The highest BCUT2D eigenvalue weighted by atomic mass is 32.2. The first-order valence-electron chi connectivity index (χ1n) is 6.58. The Morgan fingerprint density at radius 1 is 1.05 bits per heavy atom. The number of carbonyl (C=O) groups excluding carboxylic acids is 1. The average Bonchev–Trinajstić information content (AvgIpc) is 2.46. The van der Waals surface area contributed by atoms with Crippen molar-refractivity contribution < 1.29 is 9.00 Å². The molecule has 0 fully saturated rings. The first-order valence-corrected chi connectivity index (χ1v) is 7.73. The number of aryl methyl sites for hydroxylation is 1. The molecule has 0 aliphatic heterocycles. The number of ketones is 1. The smallest absolute Gasteiger partial charge is 0.137 e. The second kappa shape index (κ2) is 6.14. The average molecular weight is 286 g/mol. The second-order valence-corrected chi connectivity index (χ2v) is 6.40. The van der Waals surface area contributed by atoms with E-state index in [0.717, 1.165) is 20.9 Å². The molecule has 0 amide bonds. The molecule has 0 unspecified atom stereocenters. The molecule has 0 aliphatic rings. The molecule has 20 heavy (non-hydrogen) atoms. The minimum atomic E-state index is -1.26. The van der Waals surface area contributed by atoms with Gasteiger partial charge in [-0.3, -0.25) is 4.79 Å². The van der Waals surface area contributed by atoms with Gasteiger partial charge in [-0.25, -0.2) is 4.21 Å². The van der Waals surface area contributed by atoms with Crippen molar-refractivity contribution in [2.45, 2.75) is 36.5 Å². The van der Waals surface area contributed by atoms with Crippen LogP contribution in [0, 0.1) is 6.92 Å². The summed E-state index contributed by atoms with van der Waals surface area (Å²) >= 11 is 0. The van der Waals surface area contributed by atoms with E-state index < -0.39 is 10.8 Å². The van der Waals surface area contributed by atoms with Crippen molar-refractivity contribution in [1.82, 2.24) is 0 Å². The third-order valence-electron chi connectivity index (χ3n) is 3.43. The van der Waals surface area contributed by atoms with E-state index in [2.05, 4.69) is 0 Å². The lowest BCUT2D eigenvalue weighted by molar-refractivity contribution is -0.118. The Labute approximate surface area is 122 Å². The molecule has 2 rings (SSSR count). The van der Waals surface area contributed by atoms with E-state index in [9.17, 15) is 9.00 Å². The van der Waals surface area contributed by atoms with Gasteiger partial charge in [0.05, 0.1) is 10.8 Å². The van der Waals surface area contributed by atoms with Gasteiger partial charge in [0, 0.05) is 15.7 Å². The van der Waals surface area contributed by atoms with Crippen LogP contribution in [0.15, 0.2) is 58.3 Å². The summed E-state index contributed by atoms with van der Waals surface area (Å²) in [6.07, 6.45) is 0. The normalized spacial score (nSPS) is 13.8. The highest BCUT2D eigenvalue weighted by Gasteiger charge is 2.18. The van der Waals surface area contributed by atoms with Crippen LogP contribution >= 0.6 is 0 Å². The summed E-state index contributed by atoms with van der Waals surface area (Å²) < 4.78 is 12.7. The van der Waals surface area contributed by atoms with Gasteiger partial charge < -0.3 is 0 Å². The van der Waals surface area contributed by atoms with Crippen LogP contribution < -0.4 is 0 Å². The Morgan fingerprint density at radius 3 is 2.25 bits per heavy atom. The third kappa shape index (κ3) is 3.05. The Bertz CT molecular complexity index is 644. The summed E-state index contributed by atoms with van der Waals surface area (Å²) in [7, 11) is -1.26. The molecular formula is C17H18O2S. The maximum Gasteiger partial charge on any atom is 0.137 e. The molecular weight excluding hydrogens is 268 g/mol. The monoisotopic (exact) mass is 286 g/mol. The molecule has 0 heterocycles. The predicted molar refractivity (Wildman–Crippen MR) is 81.4 cm³/mol. The third-order valence-corrected chi connectivity index (χ3v) is 4.90. The summed E-state index contributed by atoms with van der Waals surface area (Å²) in [5.41, 5.74) is 1.98. The minimum Gasteiger partial charge on any atom is -0.299 e. The SMILES string of the molecule is CC(=O)[C@@H](C)c1ccccc1[S@@](=O)c1ccc(C)cc1. The highest BCUT2D eigenvalue weighted by Crippen LogP contribution is 2.26. The van der Waals surface area contributed by atoms with E-state index in [4.69, 9.17) is 0 Å². The van der Waals surface area contributed by atoms with Gasteiger partial charge in [-0.05, 0) is 37.6 Å². The summed E-state index contributed by atoms with van der Waals surface area (Å²) in [6, 6.07) is 15.1. The second-order valence-electron chi connectivity index (χ2n) is 4.95. The molecule has 2 nitrogen and oxygen atoms in total. The largest absolute Gasteiger partial charge is 0.299 e. The summed E-state index contributed by atoms with van der Waals surface area (Å²) in [6.45, 7) is 5.42. The molecule has 0 aliphatic carbocycles. The van der Waals surface area contributed by atoms with Crippen molar-refractivity contribution in [1.29, 1.82) is 0 Å². The van der Waals surface area contributed by atoms with E-state index in [1.54, 1.807) is 6.92 Å². The number of benzene rings is 2. The first-order chi connectivity index (χ1) is 9.50. The number of Topliss-reactive ketones (excluding diaryl/α,β-unsaturated/α-hetero) is 1. The van der Waals surface area contributed by atoms with Crippen LogP contribution in [0.4, 0.5) is 0 Å². The van der Waals surface area contributed by atoms with E-state index in [1.165, 1.54) is 0 Å². The van der Waals surface area contributed by atoms with Crippen molar-refractivity contribution >= 4 is 16.6 Å². The maximum absolute atomic E-state index is 12.7. The number of carbonyl (C=O) groups is 1. The fourth-order valence-electron chi connectivity index (χ4n) is 2.01. The standard InChI is InChI=1S/C17H18O2S/c1-12-8-10-15(11-9-12)20(19)17-7-5-4-6-16(17)13(2)14(3)18/h4-11,13H,1-3H3/t13-,20+/m1/s1. The fourth-order valence-corrected chi connectivity index (χ4v) is 3.31. The summed E-state index contributed by atoms with van der Waals surface area (Å²) in [4.78, 5) is 13.1. The summed E-state index contributed by atoms with van der Waals surface area (Å²) in [5, 5.41) is 0. The van der Waals surface area contributed by atoms with Gasteiger partial charge >= 0.3 is 0 Å². The van der Waals surface area contributed by atoms with Crippen molar-refractivity contribution in [2.75, 3.05) is 0 Å². The van der Waals surface area contributed by atoms with Crippen molar-refractivity contribution in [3.63, 3.8) is 0 Å². The zero-order valence-corrected chi connectivity index (χ0v) is 12.7. The quantitative estimate of drug-likeness (QED) is 0.855. The first kappa shape index (κ1) is 14.7. The molecule has 2 atom stereocenters. The topological polar surface area (TPSA) is 34.1 Å². The van der Waals surface area contributed by atoms with Crippen LogP contribution in [0.2, 0.25) is 0 Å². The number of hydrogen-bond acceptors (Lipinski definition) is 2.